The van der Waals surface area contributed by atoms with E-state index >= 15 is 0 Å². The zero-order valence-corrected chi connectivity index (χ0v) is 14.0. The minimum atomic E-state index is -0.360. The van der Waals surface area contributed by atoms with E-state index in [0.717, 1.165) is 35.0 Å². The van der Waals surface area contributed by atoms with E-state index in [2.05, 4.69) is 42.3 Å². The summed E-state index contributed by atoms with van der Waals surface area (Å²) in [6, 6.07) is 16.2. The molecule has 0 spiro atoms. The normalized spacial score (nSPS) is 15.2. The molecule has 2 aromatic carbocycles. The molecule has 3 heteroatoms. The summed E-state index contributed by atoms with van der Waals surface area (Å²) in [5.41, 5.74) is 4.96. The van der Waals surface area contributed by atoms with Crippen LogP contribution in [0.25, 0.3) is 10.9 Å². The van der Waals surface area contributed by atoms with Crippen molar-refractivity contribution in [1.82, 2.24) is 4.98 Å². The van der Waals surface area contributed by atoms with Gasteiger partial charge in [0.1, 0.15) is 0 Å². The molecule has 4 rings (SSSR count). The van der Waals surface area contributed by atoms with Gasteiger partial charge in [-0.1, -0.05) is 35.4 Å². The number of carbonyl (C=O) groups is 1. The van der Waals surface area contributed by atoms with E-state index in [1.54, 1.807) is 6.20 Å². The van der Waals surface area contributed by atoms with Crippen LogP contribution in [0.4, 0.5) is 5.69 Å². The fraction of sp³-hybridized carbons (Fsp3) is 0.238. The number of rotatable bonds is 3. The molecule has 1 aliphatic rings. The Hall–Kier alpha value is -2.68. The van der Waals surface area contributed by atoms with E-state index in [-0.39, 0.29) is 11.3 Å². The Morgan fingerprint density at radius 1 is 1.04 bits per heavy atom. The number of nitrogens with zero attached hydrogens (tertiary/aromatic N) is 1. The zero-order valence-electron chi connectivity index (χ0n) is 14.0. The van der Waals surface area contributed by atoms with Gasteiger partial charge in [0.15, 0.2) is 0 Å². The molecule has 24 heavy (non-hydrogen) atoms. The van der Waals surface area contributed by atoms with E-state index < -0.39 is 0 Å². The van der Waals surface area contributed by atoms with Crippen molar-refractivity contribution in [1.29, 1.82) is 0 Å². The molecule has 0 bridgehead atoms. The largest absolute Gasteiger partial charge is 0.325 e. The van der Waals surface area contributed by atoms with Crippen molar-refractivity contribution in [2.75, 3.05) is 5.32 Å². The van der Waals surface area contributed by atoms with Gasteiger partial charge in [0, 0.05) is 17.3 Å². The summed E-state index contributed by atoms with van der Waals surface area (Å²) in [6.07, 6.45) is 3.60. The lowest BCUT2D eigenvalue weighted by atomic mass is 9.92. The SMILES string of the molecule is Cc1cc(C)cc(C2(C(=O)Nc3ccc4ncccc4c3)CC2)c1. The van der Waals surface area contributed by atoms with E-state index in [9.17, 15) is 4.79 Å². The second-order valence-electron chi connectivity index (χ2n) is 6.82. The molecule has 0 saturated heterocycles. The topological polar surface area (TPSA) is 42.0 Å². The third-order valence-electron chi connectivity index (χ3n) is 4.82. The number of pyridine rings is 1. The maximum absolute atomic E-state index is 12.9. The van der Waals surface area contributed by atoms with Gasteiger partial charge >= 0.3 is 0 Å². The highest BCUT2D eigenvalue weighted by atomic mass is 16.2. The van der Waals surface area contributed by atoms with Crippen molar-refractivity contribution in [2.45, 2.75) is 32.1 Å². The number of aromatic nitrogens is 1. The fourth-order valence-electron chi connectivity index (χ4n) is 3.43. The summed E-state index contributed by atoms with van der Waals surface area (Å²) in [6.45, 7) is 4.17. The average Bonchev–Trinajstić information content (AvgIpc) is 3.36. The summed E-state index contributed by atoms with van der Waals surface area (Å²) in [5, 5.41) is 4.14. The lowest BCUT2D eigenvalue weighted by Crippen LogP contribution is -2.28. The molecule has 120 valence electrons. The average molecular weight is 316 g/mol. The van der Waals surface area contributed by atoms with Crippen molar-refractivity contribution >= 4 is 22.5 Å². The fourth-order valence-corrected chi connectivity index (χ4v) is 3.43. The van der Waals surface area contributed by atoms with E-state index in [4.69, 9.17) is 0 Å². The number of nitrogens with one attached hydrogen (secondary N) is 1. The predicted octanol–water partition coefficient (Wildman–Crippen LogP) is 4.52. The highest BCUT2D eigenvalue weighted by Gasteiger charge is 2.51. The summed E-state index contributed by atoms with van der Waals surface area (Å²) < 4.78 is 0. The molecule has 1 aromatic heterocycles. The number of hydrogen-bond donors (Lipinski definition) is 1. The standard InChI is InChI=1S/C21H20N2O/c1-14-10-15(2)12-17(11-14)21(7-8-21)20(24)23-18-5-6-19-16(13-18)4-3-9-22-19/h3-6,9-13H,7-8H2,1-2H3,(H,23,24). The smallest absolute Gasteiger partial charge is 0.235 e. The van der Waals surface area contributed by atoms with Gasteiger partial charge in [0.05, 0.1) is 10.9 Å². The molecule has 0 aliphatic heterocycles. The number of aryl methyl sites for hydroxylation is 2. The number of fused-ring (bicyclic) bond motifs is 1. The van der Waals surface area contributed by atoms with Crippen LogP contribution in [0.15, 0.2) is 54.7 Å². The van der Waals surface area contributed by atoms with Crippen molar-refractivity contribution in [3.63, 3.8) is 0 Å². The Kier molecular flexibility index (Phi) is 3.38. The van der Waals surface area contributed by atoms with Gasteiger partial charge in [-0.15, -0.1) is 0 Å². The van der Waals surface area contributed by atoms with E-state index in [0.29, 0.717) is 0 Å². The molecule has 0 radical (unpaired) electrons. The van der Waals surface area contributed by atoms with Gasteiger partial charge in [-0.3, -0.25) is 9.78 Å². The zero-order chi connectivity index (χ0) is 16.7. The molecule has 3 aromatic rings. The van der Waals surface area contributed by atoms with Gasteiger partial charge in [-0.05, 0) is 56.5 Å². The van der Waals surface area contributed by atoms with E-state index in [1.165, 1.54) is 11.1 Å². The third-order valence-corrected chi connectivity index (χ3v) is 4.82. The molecular formula is C21H20N2O. The molecule has 1 saturated carbocycles. The number of hydrogen-bond acceptors (Lipinski definition) is 2. The lowest BCUT2D eigenvalue weighted by Gasteiger charge is -2.17. The van der Waals surface area contributed by atoms with Crippen molar-refractivity contribution in [3.05, 3.63) is 71.4 Å². The predicted molar refractivity (Wildman–Crippen MR) is 97.2 cm³/mol. The lowest BCUT2D eigenvalue weighted by molar-refractivity contribution is -0.118. The van der Waals surface area contributed by atoms with Crippen LogP contribution in [0.3, 0.4) is 0 Å². The molecule has 1 aliphatic carbocycles. The first-order chi connectivity index (χ1) is 11.6. The van der Waals surface area contributed by atoms with Gasteiger partial charge in [0.2, 0.25) is 5.91 Å². The highest BCUT2D eigenvalue weighted by molar-refractivity contribution is 6.02. The highest BCUT2D eigenvalue weighted by Crippen LogP contribution is 2.49. The Balaban J connectivity index is 1.63. The van der Waals surface area contributed by atoms with Crippen molar-refractivity contribution in [2.24, 2.45) is 0 Å². The van der Waals surface area contributed by atoms with E-state index in [1.807, 2.05) is 30.3 Å². The number of amides is 1. The molecule has 0 atom stereocenters. The van der Waals surface area contributed by atoms with Crippen LogP contribution in [0, 0.1) is 13.8 Å². The van der Waals surface area contributed by atoms with Gasteiger partial charge in [-0.2, -0.15) is 0 Å². The second kappa shape index (κ2) is 5.45. The molecule has 1 heterocycles. The number of anilines is 1. The Labute approximate surface area is 141 Å². The van der Waals surface area contributed by atoms with Crippen LogP contribution in [-0.4, -0.2) is 10.9 Å². The van der Waals surface area contributed by atoms with Crippen LogP contribution >= 0.6 is 0 Å². The molecule has 1 fully saturated rings. The quantitative estimate of drug-likeness (QED) is 0.772. The van der Waals surface area contributed by atoms with Crippen LogP contribution in [0.5, 0.6) is 0 Å². The monoisotopic (exact) mass is 316 g/mol. The maximum Gasteiger partial charge on any atom is 0.235 e. The third kappa shape index (κ3) is 2.56. The summed E-state index contributed by atoms with van der Waals surface area (Å²) in [4.78, 5) is 17.2. The van der Waals surface area contributed by atoms with Gasteiger partial charge < -0.3 is 5.32 Å². The molecule has 1 N–H and O–H groups in total. The second-order valence-corrected chi connectivity index (χ2v) is 6.82. The molecular weight excluding hydrogens is 296 g/mol. The van der Waals surface area contributed by atoms with Gasteiger partial charge in [-0.25, -0.2) is 0 Å². The van der Waals surface area contributed by atoms with Gasteiger partial charge in [0.25, 0.3) is 0 Å². The Morgan fingerprint density at radius 2 is 1.79 bits per heavy atom. The summed E-state index contributed by atoms with van der Waals surface area (Å²) >= 11 is 0. The first-order valence-electron chi connectivity index (χ1n) is 8.32. The molecule has 3 nitrogen and oxygen atoms in total. The Morgan fingerprint density at radius 3 is 2.50 bits per heavy atom. The van der Waals surface area contributed by atoms with Crippen LogP contribution in [-0.2, 0) is 10.2 Å². The van der Waals surface area contributed by atoms with Crippen molar-refractivity contribution in [3.8, 4) is 0 Å². The minimum Gasteiger partial charge on any atom is -0.325 e. The first-order valence-corrected chi connectivity index (χ1v) is 8.32. The number of carbonyl (C=O) groups excluding carboxylic acids is 1. The summed E-state index contributed by atoms with van der Waals surface area (Å²) in [7, 11) is 0. The summed E-state index contributed by atoms with van der Waals surface area (Å²) in [5.74, 6) is 0.0933. The van der Waals surface area contributed by atoms with Crippen LogP contribution in [0.1, 0.15) is 29.5 Å². The van der Waals surface area contributed by atoms with Crippen LogP contribution < -0.4 is 5.32 Å². The molecule has 1 amide bonds. The molecule has 0 unspecified atom stereocenters. The maximum atomic E-state index is 12.9. The van der Waals surface area contributed by atoms with Crippen molar-refractivity contribution < 1.29 is 4.79 Å². The number of benzene rings is 2. The minimum absolute atomic E-state index is 0.0933. The van der Waals surface area contributed by atoms with Crippen LogP contribution in [0.2, 0.25) is 0 Å². The first kappa shape index (κ1) is 14.9. The Bertz CT molecular complexity index is 921.